The topological polar surface area (TPSA) is 71.1 Å². The summed E-state index contributed by atoms with van der Waals surface area (Å²) in [7, 11) is -1.78. The monoisotopic (exact) mass is 517 g/mol. The van der Waals surface area contributed by atoms with Gasteiger partial charge >= 0.3 is 13.6 Å². The molecule has 1 N–H and O–H groups in total. The van der Waals surface area contributed by atoms with Crippen LogP contribution in [0.25, 0.3) is 0 Å². The smallest absolute Gasteiger partial charge is 0.341 e. The largest absolute Gasteiger partial charge is 0.350 e. The first-order valence-electron chi connectivity index (χ1n) is 10.2. The van der Waals surface area contributed by atoms with Crippen LogP contribution in [0.3, 0.4) is 0 Å². The normalized spacial score (nSPS) is 13.2. The Morgan fingerprint density at radius 2 is 1.81 bits per heavy atom. The summed E-state index contributed by atoms with van der Waals surface area (Å²) in [6.45, 7) is 4.70. The van der Waals surface area contributed by atoms with Gasteiger partial charge in [-0.1, -0.05) is 23.2 Å². The molecule has 1 heterocycles. The molecule has 1 aliphatic heterocycles. The Morgan fingerprint density at radius 3 is 2.41 bits per heavy atom. The van der Waals surface area contributed by atoms with Crippen molar-refractivity contribution < 1.29 is 18.4 Å². The van der Waals surface area contributed by atoms with Gasteiger partial charge in [-0.15, -0.1) is 0 Å². The van der Waals surface area contributed by atoms with Crippen molar-refractivity contribution >= 4 is 60.2 Å². The van der Waals surface area contributed by atoms with E-state index < -0.39 is 7.60 Å². The van der Waals surface area contributed by atoms with Gasteiger partial charge in [-0.3, -0.25) is 13.8 Å². The molecule has 0 fully saturated rings. The number of anilines is 2. The van der Waals surface area contributed by atoms with Crippen LogP contribution in [-0.2, 0) is 20.0 Å². The minimum absolute atomic E-state index is 0.0292. The van der Waals surface area contributed by atoms with E-state index in [2.05, 4.69) is 5.32 Å². The molecule has 0 saturated heterocycles. The molecule has 2 aromatic carbocycles. The maximum Gasteiger partial charge on any atom is 0.350 e. The molecule has 2 amide bonds. The van der Waals surface area contributed by atoms with Crippen molar-refractivity contribution in [2.75, 3.05) is 42.3 Å². The van der Waals surface area contributed by atoms with Crippen LogP contribution in [-0.4, -0.2) is 39.1 Å². The molecule has 0 radical (unpaired) electrons. The summed E-state index contributed by atoms with van der Waals surface area (Å²) in [4.78, 5) is 14.6. The van der Waals surface area contributed by atoms with Crippen molar-refractivity contribution in [1.29, 1.82) is 0 Å². The van der Waals surface area contributed by atoms with Gasteiger partial charge in [0.2, 0.25) is 0 Å². The zero-order valence-corrected chi connectivity index (χ0v) is 21.4. The molecule has 1 aliphatic rings. The molecule has 0 atom stereocenters. The van der Waals surface area contributed by atoms with E-state index in [1.807, 2.05) is 22.5 Å². The summed E-state index contributed by atoms with van der Waals surface area (Å²) in [5, 5.41) is 3.68. The fourth-order valence-electron chi connectivity index (χ4n) is 3.43. The third-order valence-electron chi connectivity index (χ3n) is 4.71. The summed E-state index contributed by atoms with van der Waals surface area (Å²) in [5.41, 5.74) is 2.70. The summed E-state index contributed by atoms with van der Waals surface area (Å²) in [6, 6.07) is 10.9. The Balaban J connectivity index is 1.96. The van der Waals surface area contributed by atoms with Crippen LogP contribution in [0.5, 0.6) is 0 Å². The van der Waals surface area contributed by atoms with Gasteiger partial charge in [-0.05, 0) is 74.2 Å². The highest BCUT2D eigenvalue weighted by Crippen LogP contribution is 2.51. The Hall–Kier alpha value is -1.41. The Morgan fingerprint density at radius 1 is 1.16 bits per heavy atom. The van der Waals surface area contributed by atoms with Gasteiger partial charge in [0.25, 0.3) is 0 Å². The number of carbonyl (C=O) groups excluding carboxylic acids is 1. The van der Waals surface area contributed by atoms with Gasteiger partial charge in [-0.2, -0.15) is 0 Å². The highest BCUT2D eigenvalue weighted by atomic mass is 35.5. The average Bonchev–Trinajstić information content (AvgIpc) is 3.15. The second kappa shape index (κ2) is 11.1. The van der Waals surface area contributed by atoms with E-state index in [-0.39, 0.29) is 25.5 Å². The maximum absolute atomic E-state index is 13.3. The van der Waals surface area contributed by atoms with Crippen LogP contribution in [0.4, 0.5) is 16.2 Å². The molecule has 0 saturated carbocycles. The van der Waals surface area contributed by atoms with E-state index in [9.17, 15) is 9.36 Å². The van der Waals surface area contributed by atoms with Crippen LogP contribution in [0.15, 0.2) is 41.3 Å². The molecule has 7 nitrogen and oxygen atoms in total. The predicted octanol–water partition coefficient (Wildman–Crippen LogP) is 6.43. The van der Waals surface area contributed by atoms with Crippen LogP contribution in [0, 0.1) is 0 Å². The average molecular weight is 518 g/mol. The molecule has 2 aromatic rings. The Labute approximate surface area is 203 Å². The van der Waals surface area contributed by atoms with Crippen LogP contribution >= 0.6 is 42.7 Å². The maximum atomic E-state index is 13.3. The number of nitrogens with zero attached hydrogens (tertiary/aromatic N) is 2. The van der Waals surface area contributed by atoms with Crippen LogP contribution in [0.1, 0.15) is 19.4 Å². The zero-order chi connectivity index (χ0) is 23.3. The van der Waals surface area contributed by atoms with Crippen molar-refractivity contribution in [1.82, 2.24) is 5.32 Å². The molecule has 0 aromatic heterocycles. The number of halogens is 2. The van der Waals surface area contributed by atoms with E-state index in [1.165, 1.54) is 11.9 Å². The van der Waals surface area contributed by atoms with Crippen LogP contribution in [0.2, 0.25) is 10.0 Å². The van der Waals surface area contributed by atoms with Gasteiger partial charge in [0.1, 0.15) is 6.29 Å². The molecule has 0 bridgehead atoms. The van der Waals surface area contributed by atoms with Gasteiger partial charge in [0.05, 0.1) is 13.2 Å². The number of urea groups is 1. The third kappa shape index (κ3) is 6.13. The van der Waals surface area contributed by atoms with Crippen molar-refractivity contribution in [3.8, 4) is 0 Å². The van der Waals surface area contributed by atoms with Crippen molar-refractivity contribution in [2.24, 2.45) is 0 Å². The molecule has 11 heteroatoms. The van der Waals surface area contributed by atoms with Gasteiger partial charge in [-0.25, -0.2) is 4.79 Å². The van der Waals surface area contributed by atoms with E-state index in [4.69, 9.17) is 32.2 Å². The minimum atomic E-state index is -3.39. The van der Waals surface area contributed by atoms with Gasteiger partial charge in [0, 0.05) is 39.9 Å². The molecule has 174 valence electrons. The first-order valence-corrected chi connectivity index (χ1v) is 13.5. The number of rotatable bonds is 9. The molecule has 0 spiro atoms. The fourth-order valence-corrected chi connectivity index (χ4v) is 7.08. The Kier molecular flexibility index (Phi) is 8.78. The summed E-state index contributed by atoms with van der Waals surface area (Å²) < 4.78 is 26.2. The zero-order valence-electron chi connectivity index (χ0n) is 18.1. The number of carbonyl (C=O) groups is 1. The number of nitrogens with one attached hydrogen (secondary N) is 1. The van der Waals surface area contributed by atoms with Gasteiger partial charge in [0.15, 0.2) is 0 Å². The predicted molar refractivity (Wildman–Crippen MR) is 132 cm³/mol. The quantitative estimate of drug-likeness (QED) is 0.305. The molecule has 3 rings (SSSR count). The molecular formula is C21H26Cl2N3O4PS. The first-order chi connectivity index (χ1) is 15.3. The second-order valence-corrected chi connectivity index (χ2v) is 10.9. The SMILES string of the molecule is CCOP(=O)(CN(Sc1cc(Cl)cc(Cl)c1)c1ccc2c(c1)CCN2C(=O)NC)OCC. The highest BCUT2D eigenvalue weighted by molar-refractivity contribution is 8.01. The molecule has 32 heavy (non-hydrogen) atoms. The highest BCUT2D eigenvalue weighted by Gasteiger charge is 2.30. The fraction of sp³-hybridized carbons (Fsp3) is 0.381. The van der Waals surface area contributed by atoms with Crippen molar-refractivity contribution in [3.05, 3.63) is 52.0 Å². The lowest BCUT2D eigenvalue weighted by Crippen LogP contribution is -2.36. The number of amides is 2. The van der Waals surface area contributed by atoms with E-state index in [0.29, 0.717) is 16.6 Å². The number of hydrogen-bond donors (Lipinski definition) is 1. The number of hydrogen-bond acceptors (Lipinski definition) is 6. The van der Waals surface area contributed by atoms with E-state index in [1.54, 1.807) is 44.0 Å². The summed E-state index contributed by atoms with van der Waals surface area (Å²) >= 11 is 13.7. The second-order valence-electron chi connectivity index (χ2n) is 6.93. The first kappa shape index (κ1) is 25.2. The van der Waals surface area contributed by atoms with E-state index >= 15 is 0 Å². The van der Waals surface area contributed by atoms with Crippen molar-refractivity contribution in [3.63, 3.8) is 0 Å². The number of benzene rings is 2. The van der Waals surface area contributed by atoms with Crippen LogP contribution < -0.4 is 14.5 Å². The van der Waals surface area contributed by atoms with E-state index in [0.717, 1.165) is 28.3 Å². The minimum Gasteiger partial charge on any atom is -0.341 e. The molecular weight excluding hydrogens is 492 g/mol. The number of fused-ring (bicyclic) bond motifs is 1. The third-order valence-corrected chi connectivity index (χ3v) is 8.28. The molecule has 0 aliphatic carbocycles. The summed E-state index contributed by atoms with van der Waals surface area (Å²) in [6.07, 6.45) is 0.758. The lowest BCUT2D eigenvalue weighted by molar-refractivity contribution is 0.221. The standard InChI is InChI=1S/C21H26Cl2N3O4PS/c1-4-29-31(28,30-5-2)14-26(32-19-12-16(22)11-17(23)13-19)18-6-7-20-15(10-18)8-9-25(20)21(27)24-3/h6-7,10-13H,4-5,8-9,14H2,1-3H3,(H,24,27). The van der Waals surface area contributed by atoms with Gasteiger partial charge < -0.3 is 14.4 Å². The Bertz CT molecular complexity index is 996. The molecule has 0 unspecified atom stereocenters. The van der Waals surface area contributed by atoms with Crippen molar-refractivity contribution in [2.45, 2.75) is 25.2 Å². The lowest BCUT2D eigenvalue weighted by atomic mass is 10.1. The summed E-state index contributed by atoms with van der Waals surface area (Å²) in [5.74, 6) is 0. The lowest BCUT2D eigenvalue weighted by Gasteiger charge is -2.28.